The highest BCUT2D eigenvalue weighted by Crippen LogP contribution is 2.12. The summed E-state index contributed by atoms with van der Waals surface area (Å²) in [6.45, 7) is 5.26. The van der Waals surface area contributed by atoms with E-state index in [0.717, 1.165) is 19.4 Å². The van der Waals surface area contributed by atoms with Crippen LogP contribution in [0.5, 0.6) is 0 Å². The largest absolute Gasteiger partial charge is 0.329 e. The summed E-state index contributed by atoms with van der Waals surface area (Å²) in [6, 6.07) is 0. The van der Waals surface area contributed by atoms with Crippen molar-refractivity contribution in [3.05, 3.63) is 18.2 Å². The number of rotatable bonds is 13. The lowest BCUT2D eigenvalue weighted by atomic mass is 10.1. The summed E-state index contributed by atoms with van der Waals surface area (Å²) in [6.07, 6.45) is 16.9. The maximum Gasteiger partial charge on any atom is 0.198 e. The first-order chi connectivity index (χ1) is 10.3. The third kappa shape index (κ3) is 7.45. The topological polar surface area (TPSA) is 34.9 Å². The van der Waals surface area contributed by atoms with Crippen LogP contribution in [0.3, 0.4) is 0 Å². The number of nitrogens with zero attached hydrogens (tertiary/aromatic N) is 2. The van der Waals surface area contributed by atoms with E-state index >= 15 is 0 Å². The number of ketones is 1. The third-order valence-electron chi connectivity index (χ3n) is 3.94. The van der Waals surface area contributed by atoms with Crippen molar-refractivity contribution in [1.29, 1.82) is 0 Å². The number of carbonyl (C=O) groups excluding carboxylic acids is 1. The van der Waals surface area contributed by atoms with Crippen LogP contribution in [0.2, 0.25) is 0 Å². The van der Waals surface area contributed by atoms with Gasteiger partial charge in [0, 0.05) is 25.4 Å². The van der Waals surface area contributed by atoms with Crippen LogP contribution in [0.15, 0.2) is 12.4 Å². The molecule has 120 valence electrons. The number of imidazole rings is 1. The predicted octanol–water partition coefficient (Wildman–Crippen LogP) is 5.40. The normalized spacial score (nSPS) is 11.0. The first-order valence-electron chi connectivity index (χ1n) is 8.84. The van der Waals surface area contributed by atoms with Gasteiger partial charge in [0.05, 0.1) is 0 Å². The van der Waals surface area contributed by atoms with Gasteiger partial charge in [0.2, 0.25) is 0 Å². The Hall–Kier alpha value is -1.12. The van der Waals surface area contributed by atoms with Gasteiger partial charge < -0.3 is 4.57 Å². The molecule has 0 atom stereocenters. The van der Waals surface area contributed by atoms with Gasteiger partial charge in [0.15, 0.2) is 11.6 Å². The summed E-state index contributed by atoms with van der Waals surface area (Å²) in [5.41, 5.74) is 0. The molecule has 1 rings (SSSR count). The van der Waals surface area contributed by atoms with Gasteiger partial charge >= 0.3 is 0 Å². The lowest BCUT2D eigenvalue weighted by Crippen LogP contribution is -2.10. The molecule has 1 aromatic heterocycles. The second-order valence-corrected chi connectivity index (χ2v) is 5.95. The number of hydrogen-bond donors (Lipinski definition) is 0. The van der Waals surface area contributed by atoms with Gasteiger partial charge in [0.1, 0.15) is 0 Å². The van der Waals surface area contributed by atoms with Gasteiger partial charge in [-0.15, -0.1) is 0 Å². The summed E-state index contributed by atoms with van der Waals surface area (Å²) in [5.74, 6) is 0.854. The maximum atomic E-state index is 12.1. The minimum atomic E-state index is 0.205. The zero-order chi connectivity index (χ0) is 15.3. The minimum Gasteiger partial charge on any atom is -0.329 e. The molecule has 0 amide bonds. The lowest BCUT2D eigenvalue weighted by Gasteiger charge is -2.05. The van der Waals surface area contributed by atoms with Crippen LogP contribution < -0.4 is 0 Å². The highest BCUT2D eigenvalue weighted by atomic mass is 16.1. The van der Waals surface area contributed by atoms with Crippen LogP contribution in [0.4, 0.5) is 0 Å². The van der Waals surface area contributed by atoms with Crippen molar-refractivity contribution in [3.63, 3.8) is 0 Å². The first kappa shape index (κ1) is 17.9. The fourth-order valence-corrected chi connectivity index (χ4v) is 2.69. The molecule has 0 saturated heterocycles. The standard InChI is InChI=1S/C18H32N2O/c1-3-5-6-7-8-9-10-11-12-13-17(21)18-19-14-16-20(18)15-4-2/h14,16H,3-13,15H2,1-2H3. The van der Waals surface area contributed by atoms with Crippen LogP contribution in [-0.4, -0.2) is 15.3 Å². The number of unbranched alkanes of at least 4 members (excludes halogenated alkanes) is 8. The molecule has 3 nitrogen and oxygen atoms in total. The second kappa shape index (κ2) is 11.5. The molecule has 0 aliphatic rings. The van der Waals surface area contributed by atoms with Crippen molar-refractivity contribution in [1.82, 2.24) is 9.55 Å². The molecule has 0 saturated carbocycles. The van der Waals surface area contributed by atoms with Crippen LogP contribution in [0.1, 0.15) is 95.1 Å². The SMILES string of the molecule is CCCCCCCCCCCC(=O)c1nccn1CCC. The Morgan fingerprint density at radius 2 is 1.57 bits per heavy atom. The number of aryl methyl sites for hydroxylation is 1. The monoisotopic (exact) mass is 292 g/mol. The van der Waals surface area contributed by atoms with Crippen molar-refractivity contribution >= 4 is 5.78 Å². The van der Waals surface area contributed by atoms with E-state index in [9.17, 15) is 4.79 Å². The maximum absolute atomic E-state index is 12.1. The van der Waals surface area contributed by atoms with Crippen molar-refractivity contribution < 1.29 is 4.79 Å². The van der Waals surface area contributed by atoms with Crippen molar-refractivity contribution in [3.8, 4) is 0 Å². The second-order valence-electron chi connectivity index (χ2n) is 5.95. The lowest BCUT2D eigenvalue weighted by molar-refractivity contribution is 0.0964. The van der Waals surface area contributed by atoms with Crippen molar-refractivity contribution in [2.24, 2.45) is 0 Å². The Balaban J connectivity index is 2.07. The molecule has 0 aliphatic heterocycles. The molecule has 0 spiro atoms. The molecule has 0 aromatic carbocycles. The molecule has 0 unspecified atom stereocenters. The fourth-order valence-electron chi connectivity index (χ4n) is 2.69. The molecule has 0 bridgehead atoms. The highest BCUT2D eigenvalue weighted by Gasteiger charge is 2.11. The summed E-state index contributed by atoms with van der Waals surface area (Å²) in [5, 5.41) is 0. The number of carbonyl (C=O) groups is 1. The van der Waals surface area contributed by atoms with Gasteiger partial charge in [-0.2, -0.15) is 0 Å². The Labute approximate surface area is 130 Å². The minimum absolute atomic E-state index is 0.205. The first-order valence-corrected chi connectivity index (χ1v) is 8.84. The van der Waals surface area contributed by atoms with Gasteiger partial charge in [-0.3, -0.25) is 4.79 Å². The van der Waals surface area contributed by atoms with E-state index in [2.05, 4.69) is 18.8 Å². The Morgan fingerprint density at radius 1 is 0.952 bits per heavy atom. The Morgan fingerprint density at radius 3 is 2.19 bits per heavy atom. The molecule has 3 heteroatoms. The van der Waals surface area contributed by atoms with E-state index in [1.54, 1.807) is 6.20 Å². The summed E-state index contributed by atoms with van der Waals surface area (Å²) < 4.78 is 1.98. The van der Waals surface area contributed by atoms with E-state index in [1.807, 2.05) is 10.8 Å². The molecule has 0 aliphatic carbocycles. The van der Waals surface area contributed by atoms with Crippen molar-refractivity contribution in [2.45, 2.75) is 91.0 Å². The summed E-state index contributed by atoms with van der Waals surface area (Å²) in [7, 11) is 0. The molecule has 1 aromatic rings. The summed E-state index contributed by atoms with van der Waals surface area (Å²) in [4.78, 5) is 16.3. The smallest absolute Gasteiger partial charge is 0.198 e. The third-order valence-corrected chi connectivity index (χ3v) is 3.94. The Kier molecular flexibility index (Phi) is 9.84. The summed E-state index contributed by atoms with van der Waals surface area (Å²) >= 11 is 0. The highest BCUT2D eigenvalue weighted by molar-refractivity contribution is 5.92. The van der Waals surface area contributed by atoms with E-state index in [0.29, 0.717) is 12.2 Å². The van der Waals surface area contributed by atoms with Gasteiger partial charge in [-0.1, -0.05) is 65.2 Å². The fraction of sp³-hybridized carbons (Fsp3) is 0.778. The number of aromatic nitrogens is 2. The van der Waals surface area contributed by atoms with E-state index < -0.39 is 0 Å². The van der Waals surface area contributed by atoms with E-state index in [-0.39, 0.29) is 5.78 Å². The zero-order valence-electron chi connectivity index (χ0n) is 13.9. The van der Waals surface area contributed by atoms with Crippen LogP contribution in [0, 0.1) is 0 Å². The van der Waals surface area contributed by atoms with E-state index in [4.69, 9.17) is 0 Å². The number of Topliss-reactive ketones (excluding diaryl/α,β-unsaturated/α-hetero) is 1. The number of hydrogen-bond acceptors (Lipinski definition) is 2. The van der Waals surface area contributed by atoms with Crippen molar-refractivity contribution in [2.75, 3.05) is 0 Å². The quantitative estimate of drug-likeness (QED) is 0.360. The van der Waals surface area contributed by atoms with Crippen LogP contribution in [0.25, 0.3) is 0 Å². The van der Waals surface area contributed by atoms with E-state index in [1.165, 1.54) is 51.4 Å². The van der Waals surface area contributed by atoms with Gasteiger partial charge in [-0.05, 0) is 12.8 Å². The van der Waals surface area contributed by atoms with Gasteiger partial charge in [0.25, 0.3) is 0 Å². The molecule has 1 heterocycles. The average Bonchev–Trinajstić information content (AvgIpc) is 2.94. The molecule has 0 radical (unpaired) electrons. The molecule has 21 heavy (non-hydrogen) atoms. The average molecular weight is 292 g/mol. The molecular formula is C18H32N2O. The molecular weight excluding hydrogens is 260 g/mol. The predicted molar refractivity (Wildman–Crippen MR) is 88.7 cm³/mol. The molecule has 0 fully saturated rings. The van der Waals surface area contributed by atoms with Gasteiger partial charge in [-0.25, -0.2) is 4.98 Å². The molecule has 0 N–H and O–H groups in total. The zero-order valence-corrected chi connectivity index (χ0v) is 13.9. The van der Waals surface area contributed by atoms with Crippen LogP contribution >= 0.6 is 0 Å². The Bertz CT molecular complexity index is 384. The van der Waals surface area contributed by atoms with Crippen LogP contribution in [-0.2, 0) is 6.54 Å².